The first-order valence-electron chi connectivity index (χ1n) is 6.78. The van der Waals surface area contributed by atoms with Crippen molar-refractivity contribution in [2.75, 3.05) is 6.54 Å². The molecule has 0 saturated carbocycles. The maximum Gasteiger partial charge on any atom is 0.433 e. The number of aliphatic hydroxyl groups is 1. The van der Waals surface area contributed by atoms with E-state index in [0.717, 1.165) is 17.2 Å². The van der Waals surface area contributed by atoms with Gasteiger partial charge in [-0.25, -0.2) is 0 Å². The maximum atomic E-state index is 11.9. The van der Waals surface area contributed by atoms with E-state index in [1.54, 1.807) is 0 Å². The first-order valence-corrected chi connectivity index (χ1v) is 6.78. The predicted octanol–water partition coefficient (Wildman–Crippen LogP) is 1.45. The lowest BCUT2D eigenvalue weighted by Gasteiger charge is -2.22. The number of hydrogen-bond acceptors (Lipinski definition) is 5. The van der Waals surface area contributed by atoms with Crippen molar-refractivity contribution in [1.29, 1.82) is 0 Å². The highest BCUT2D eigenvalue weighted by atomic mass is 16.6. The standard InChI is InChI=1S/C15H14N2O5/c18-14(12-5-6-13(22-12)17(20)21)16-9-15(19)7-10-3-1-2-4-11(10)8-15/h1-6,19H,7-9H2,(H,16,18). The average Bonchev–Trinajstić information content (AvgIpc) is 3.08. The van der Waals surface area contributed by atoms with Crippen LogP contribution in [0.3, 0.4) is 0 Å². The number of benzene rings is 1. The van der Waals surface area contributed by atoms with Gasteiger partial charge >= 0.3 is 5.88 Å². The van der Waals surface area contributed by atoms with Crippen molar-refractivity contribution >= 4 is 11.8 Å². The molecule has 7 nitrogen and oxygen atoms in total. The van der Waals surface area contributed by atoms with Gasteiger partial charge in [-0.1, -0.05) is 24.3 Å². The summed E-state index contributed by atoms with van der Waals surface area (Å²) in [5.74, 6) is -1.22. The van der Waals surface area contributed by atoms with Crippen LogP contribution in [-0.4, -0.2) is 28.1 Å². The van der Waals surface area contributed by atoms with E-state index in [-0.39, 0.29) is 12.3 Å². The summed E-state index contributed by atoms with van der Waals surface area (Å²) < 4.78 is 4.82. The molecule has 1 aromatic carbocycles. The molecular formula is C15H14N2O5. The molecule has 1 aromatic heterocycles. The minimum Gasteiger partial charge on any atom is -0.395 e. The highest BCUT2D eigenvalue weighted by Gasteiger charge is 2.35. The van der Waals surface area contributed by atoms with Gasteiger partial charge in [0.1, 0.15) is 4.92 Å². The highest BCUT2D eigenvalue weighted by Crippen LogP contribution is 2.29. The molecule has 1 heterocycles. The van der Waals surface area contributed by atoms with E-state index >= 15 is 0 Å². The fourth-order valence-electron chi connectivity index (χ4n) is 2.68. The fourth-order valence-corrected chi connectivity index (χ4v) is 2.68. The Hall–Kier alpha value is -2.67. The van der Waals surface area contributed by atoms with Gasteiger partial charge in [-0.2, -0.15) is 0 Å². The van der Waals surface area contributed by atoms with Crippen molar-refractivity contribution in [3.05, 3.63) is 63.4 Å². The minimum atomic E-state index is -1.04. The summed E-state index contributed by atoms with van der Waals surface area (Å²) in [6.07, 6.45) is 0.920. The Bertz CT molecular complexity index is 712. The van der Waals surface area contributed by atoms with Crippen molar-refractivity contribution in [2.45, 2.75) is 18.4 Å². The van der Waals surface area contributed by atoms with Gasteiger partial charge in [-0.3, -0.25) is 14.9 Å². The molecule has 0 fully saturated rings. The number of carbonyl (C=O) groups is 1. The van der Waals surface area contributed by atoms with Gasteiger partial charge in [0, 0.05) is 19.4 Å². The van der Waals surface area contributed by atoms with Crippen LogP contribution in [0.25, 0.3) is 0 Å². The number of hydrogen-bond donors (Lipinski definition) is 2. The van der Waals surface area contributed by atoms with Gasteiger partial charge in [-0.05, 0) is 17.2 Å². The summed E-state index contributed by atoms with van der Waals surface area (Å²) >= 11 is 0. The van der Waals surface area contributed by atoms with Crippen molar-refractivity contribution in [2.24, 2.45) is 0 Å². The third kappa shape index (κ3) is 2.71. The van der Waals surface area contributed by atoms with Crippen molar-refractivity contribution in [3.8, 4) is 0 Å². The molecule has 1 aliphatic carbocycles. The molecule has 7 heteroatoms. The van der Waals surface area contributed by atoms with E-state index < -0.39 is 22.3 Å². The number of furan rings is 1. The number of carbonyl (C=O) groups excluding carboxylic acids is 1. The molecule has 2 aromatic rings. The van der Waals surface area contributed by atoms with Crippen molar-refractivity contribution < 1.29 is 19.2 Å². The molecule has 0 aliphatic heterocycles. The van der Waals surface area contributed by atoms with Crippen LogP contribution in [0.2, 0.25) is 0 Å². The van der Waals surface area contributed by atoms with Gasteiger partial charge in [0.25, 0.3) is 5.91 Å². The highest BCUT2D eigenvalue weighted by molar-refractivity contribution is 5.91. The van der Waals surface area contributed by atoms with Crippen LogP contribution in [0, 0.1) is 10.1 Å². The molecule has 114 valence electrons. The van der Waals surface area contributed by atoms with Crippen LogP contribution in [0.5, 0.6) is 0 Å². The van der Waals surface area contributed by atoms with Crippen LogP contribution >= 0.6 is 0 Å². The number of amides is 1. The van der Waals surface area contributed by atoms with Crippen LogP contribution in [0.4, 0.5) is 5.88 Å². The van der Waals surface area contributed by atoms with Crippen molar-refractivity contribution in [3.63, 3.8) is 0 Å². The number of nitro groups is 1. The topological polar surface area (TPSA) is 106 Å². The van der Waals surface area contributed by atoms with Crippen LogP contribution in [0.1, 0.15) is 21.7 Å². The molecule has 0 bridgehead atoms. The van der Waals surface area contributed by atoms with Gasteiger partial charge in [-0.15, -0.1) is 0 Å². The Kier molecular flexibility index (Phi) is 3.42. The largest absolute Gasteiger partial charge is 0.433 e. The number of rotatable bonds is 4. The summed E-state index contributed by atoms with van der Waals surface area (Å²) in [6, 6.07) is 10.1. The molecule has 0 saturated heterocycles. The zero-order valence-electron chi connectivity index (χ0n) is 11.6. The van der Waals surface area contributed by atoms with Gasteiger partial charge in [0.2, 0.25) is 0 Å². The third-order valence-electron chi connectivity index (χ3n) is 3.73. The molecule has 2 N–H and O–H groups in total. The van der Waals surface area contributed by atoms with Crippen LogP contribution in [0.15, 0.2) is 40.8 Å². The Morgan fingerprint density at radius 3 is 2.45 bits per heavy atom. The lowest BCUT2D eigenvalue weighted by atomic mass is 10.0. The van der Waals surface area contributed by atoms with E-state index in [0.29, 0.717) is 12.8 Å². The molecule has 1 amide bonds. The van der Waals surface area contributed by atoms with Gasteiger partial charge in [0.15, 0.2) is 5.76 Å². The molecule has 0 spiro atoms. The Morgan fingerprint density at radius 1 is 1.27 bits per heavy atom. The summed E-state index contributed by atoms with van der Waals surface area (Å²) in [7, 11) is 0. The summed E-state index contributed by atoms with van der Waals surface area (Å²) in [5, 5.41) is 23.6. The molecule has 1 aliphatic rings. The Morgan fingerprint density at radius 2 is 1.91 bits per heavy atom. The van der Waals surface area contributed by atoms with Gasteiger partial charge < -0.3 is 14.8 Å². The Labute approximate surface area is 125 Å². The van der Waals surface area contributed by atoms with E-state index in [1.807, 2.05) is 24.3 Å². The van der Waals surface area contributed by atoms with E-state index in [9.17, 15) is 20.0 Å². The second-order valence-electron chi connectivity index (χ2n) is 5.42. The smallest absolute Gasteiger partial charge is 0.395 e. The van der Waals surface area contributed by atoms with Crippen LogP contribution in [-0.2, 0) is 12.8 Å². The van der Waals surface area contributed by atoms with E-state index in [1.165, 1.54) is 6.07 Å². The summed E-state index contributed by atoms with van der Waals surface area (Å²) in [5.41, 5.74) is 1.08. The maximum absolute atomic E-state index is 11.9. The first-order chi connectivity index (χ1) is 10.5. The number of nitrogens with zero attached hydrogens (tertiary/aromatic N) is 1. The number of fused-ring (bicyclic) bond motifs is 1. The van der Waals surface area contributed by atoms with Gasteiger partial charge in [0.05, 0.1) is 11.7 Å². The zero-order chi connectivity index (χ0) is 15.7. The molecule has 22 heavy (non-hydrogen) atoms. The lowest BCUT2D eigenvalue weighted by molar-refractivity contribution is -0.402. The quantitative estimate of drug-likeness (QED) is 0.657. The van der Waals surface area contributed by atoms with E-state index in [4.69, 9.17) is 4.42 Å². The minimum absolute atomic E-state index is 0.0506. The number of nitrogens with one attached hydrogen (secondary N) is 1. The first kappa shape index (κ1) is 14.3. The lowest BCUT2D eigenvalue weighted by Crippen LogP contribution is -2.43. The summed E-state index contributed by atoms with van der Waals surface area (Å²) in [4.78, 5) is 21.7. The normalized spacial score (nSPS) is 15.3. The summed E-state index contributed by atoms with van der Waals surface area (Å²) in [6.45, 7) is 0.0506. The second kappa shape index (κ2) is 5.27. The zero-order valence-corrected chi connectivity index (χ0v) is 11.6. The molecule has 3 rings (SSSR count). The fraction of sp³-hybridized carbons (Fsp3) is 0.267. The van der Waals surface area contributed by atoms with Crippen LogP contribution < -0.4 is 5.32 Å². The SMILES string of the molecule is O=C(NCC1(O)Cc2ccccc2C1)c1ccc([N+](=O)[O-])o1. The Balaban J connectivity index is 1.63. The predicted molar refractivity (Wildman–Crippen MR) is 76.5 cm³/mol. The second-order valence-corrected chi connectivity index (χ2v) is 5.42. The molecular weight excluding hydrogens is 288 g/mol. The third-order valence-corrected chi connectivity index (χ3v) is 3.73. The molecule has 0 unspecified atom stereocenters. The average molecular weight is 302 g/mol. The molecule has 0 atom stereocenters. The van der Waals surface area contributed by atoms with E-state index in [2.05, 4.69) is 5.32 Å². The monoisotopic (exact) mass is 302 g/mol. The molecule has 0 radical (unpaired) electrons. The van der Waals surface area contributed by atoms with Crippen molar-refractivity contribution in [1.82, 2.24) is 5.32 Å².